The average Bonchev–Trinajstić information content (AvgIpc) is 2.69. The van der Waals surface area contributed by atoms with Crippen molar-refractivity contribution in [2.75, 3.05) is 0 Å². The van der Waals surface area contributed by atoms with Crippen molar-refractivity contribution in [3.8, 4) is 0 Å². The van der Waals surface area contributed by atoms with Crippen molar-refractivity contribution in [3.63, 3.8) is 0 Å². The zero-order valence-electron chi connectivity index (χ0n) is 11.9. The molecule has 0 unspecified atom stereocenters. The van der Waals surface area contributed by atoms with Gasteiger partial charge in [0, 0.05) is 6.92 Å². The van der Waals surface area contributed by atoms with Gasteiger partial charge in [-0.15, -0.1) is 0 Å². The summed E-state index contributed by atoms with van der Waals surface area (Å²) in [6.45, 7) is 7.61. The van der Waals surface area contributed by atoms with Crippen molar-refractivity contribution in [2.24, 2.45) is 0 Å². The van der Waals surface area contributed by atoms with Crippen molar-refractivity contribution in [1.29, 1.82) is 0 Å². The number of aromatic nitrogens is 1. The van der Waals surface area contributed by atoms with E-state index in [1.54, 1.807) is 6.08 Å². The molecular weight excluding hydrogens is 256 g/mol. The lowest BCUT2D eigenvalue weighted by molar-refractivity contribution is -0.386. The van der Waals surface area contributed by atoms with Crippen LogP contribution in [0.5, 0.6) is 0 Å². The Labute approximate surface area is 117 Å². The Morgan fingerprint density at radius 1 is 1.15 bits per heavy atom. The lowest BCUT2D eigenvalue weighted by Gasteiger charge is -2.06. The summed E-state index contributed by atoms with van der Waals surface area (Å²) >= 11 is 0. The second-order valence-electron chi connectivity index (χ2n) is 4.88. The van der Waals surface area contributed by atoms with Gasteiger partial charge in [0.25, 0.3) is 0 Å². The van der Waals surface area contributed by atoms with Crippen LogP contribution in [0.1, 0.15) is 33.7 Å². The lowest BCUT2D eigenvalue weighted by atomic mass is 9.99. The normalized spacial score (nSPS) is 11.2. The molecule has 0 amide bonds. The molecule has 0 bridgehead atoms. The van der Waals surface area contributed by atoms with Gasteiger partial charge in [0.2, 0.25) is 5.76 Å². The van der Waals surface area contributed by atoms with Crippen molar-refractivity contribution >= 4 is 17.8 Å². The number of nitro groups is 1. The third kappa shape index (κ3) is 2.61. The molecule has 0 aliphatic rings. The highest BCUT2D eigenvalue weighted by atomic mass is 16.6. The maximum Gasteiger partial charge on any atom is 0.338 e. The maximum atomic E-state index is 11.0. The van der Waals surface area contributed by atoms with E-state index in [1.807, 2.05) is 26.8 Å². The van der Waals surface area contributed by atoms with Crippen LogP contribution < -0.4 is 0 Å². The Balaban J connectivity index is 2.43. The van der Waals surface area contributed by atoms with Crippen LogP contribution >= 0.6 is 0 Å². The van der Waals surface area contributed by atoms with Gasteiger partial charge in [-0.05, 0) is 43.5 Å². The zero-order valence-corrected chi connectivity index (χ0v) is 11.9. The fourth-order valence-corrected chi connectivity index (χ4v) is 2.33. The Morgan fingerprint density at radius 3 is 2.30 bits per heavy atom. The summed E-state index contributed by atoms with van der Waals surface area (Å²) in [5.74, 6) is 0.215. The molecule has 0 saturated carbocycles. The lowest BCUT2D eigenvalue weighted by Crippen LogP contribution is -1.91. The van der Waals surface area contributed by atoms with Crippen LogP contribution in [0.15, 0.2) is 16.7 Å². The minimum Gasteiger partial charge on any atom is -0.354 e. The summed E-state index contributed by atoms with van der Waals surface area (Å²) in [4.78, 5) is 10.5. The molecule has 1 aromatic heterocycles. The number of nitrogens with zero attached hydrogens (tertiary/aromatic N) is 2. The summed E-state index contributed by atoms with van der Waals surface area (Å²) in [7, 11) is 0. The van der Waals surface area contributed by atoms with Gasteiger partial charge in [-0.2, -0.15) is 0 Å². The maximum absolute atomic E-state index is 11.0. The van der Waals surface area contributed by atoms with Crippen LogP contribution in [-0.2, 0) is 0 Å². The molecule has 0 aliphatic heterocycles. The predicted molar refractivity (Wildman–Crippen MR) is 77.5 cm³/mol. The van der Waals surface area contributed by atoms with E-state index in [1.165, 1.54) is 12.5 Å². The number of benzene rings is 1. The largest absolute Gasteiger partial charge is 0.354 e. The molecule has 0 aliphatic carbocycles. The van der Waals surface area contributed by atoms with E-state index < -0.39 is 4.92 Å². The van der Waals surface area contributed by atoms with E-state index in [4.69, 9.17) is 4.52 Å². The van der Waals surface area contributed by atoms with Gasteiger partial charge in [0.05, 0.1) is 4.92 Å². The highest BCUT2D eigenvalue weighted by Crippen LogP contribution is 2.25. The second-order valence-corrected chi connectivity index (χ2v) is 4.88. The number of hydrogen-bond acceptors (Lipinski definition) is 4. The van der Waals surface area contributed by atoms with E-state index in [0.29, 0.717) is 0 Å². The predicted octanol–water partition coefficient (Wildman–Crippen LogP) is 3.99. The highest BCUT2D eigenvalue weighted by Gasteiger charge is 2.21. The third-order valence-corrected chi connectivity index (χ3v) is 3.19. The second kappa shape index (κ2) is 5.28. The van der Waals surface area contributed by atoms with Crippen LogP contribution in [-0.4, -0.2) is 10.1 Å². The van der Waals surface area contributed by atoms with Gasteiger partial charge >= 0.3 is 5.69 Å². The first-order valence-electron chi connectivity index (χ1n) is 6.26. The summed E-state index contributed by atoms with van der Waals surface area (Å²) in [5, 5.41) is 14.7. The monoisotopic (exact) mass is 272 g/mol. The molecule has 0 spiro atoms. The number of rotatable bonds is 3. The van der Waals surface area contributed by atoms with Crippen molar-refractivity contribution in [1.82, 2.24) is 5.16 Å². The molecule has 1 aromatic carbocycles. The van der Waals surface area contributed by atoms with E-state index >= 15 is 0 Å². The molecular formula is C15H16N2O3. The van der Waals surface area contributed by atoms with E-state index in [-0.39, 0.29) is 17.1 Å². The quantitative estimate of drug-likeness (QED) is 0.625. The number of aryl methyl sites for hydroxylation is 4. The Kier molecular flexibility index (Phi) is 3.70. The Hall–Kier alpha value is -2.43. The van der Waals surface area contributed by atoms with Crippen molar-refractivity contribution in [3.05, 3.63) is 56.0 Å². The first-order valence-corrected chi connectivity index (χ1v) is 6.26. The molecule has 0 saturated heterocycles. The van der Waals surface area contributed by atoms with Crippen LogP contribution in [0.4, 0.5) is 5.69 Å². The smallest absolute Gasteiger partial charge is 0.338 e. The van der Waals surface area contributed by atoms with Crippen LogP contribution in [0.25, 0.3) is 12.2 Å². The summed E-state index contributed by atoms with van der Waals surface area (Å²) in [6, 6.07) is 4.16. The van der Waals surface area contributed by atoms with Crippen molar-refractivity contribution in [2.45, 2.75) is 27.7 Å². The SMILES string of the molecule is Cc1cc(C)c(/C=C/c2noc(C)c2[N+](=O)[O-])c(C)c1. The van der Waals surface area contributed by atoms with Gasteiger partial charge in [-0.1, -0.05) is 28.9 Å². The molecule has 0 N–H and O–H groups in total. The third-order valence-electron chi connectivity index (χ3n) is 3.19. The Bertz CT molecular complexity index is 676. The highest BCUT2D eigenvalue weighted by molar-refractivity contribution is 5.75. The molecule has 2 aromatic rings. The summed E-state index contributed by atoms with van der Waals surface area (Å²) < 4.78 is 4.88. The van der Waals surface area contributed by atoms with Crippen LogP contribution in [0.3, 0.4) is 0 Å². The molecule has 0 radical (unpaired) electrons. The fraction of sp³-hybridized carbons (Fsp3) is 0.267. The van der Waals surface area contributed by atoms with E-state index in [9.17, 15) is 10.1 Å². The number of hydrogen-bond donors (Lipinski definition) is 0. The average molecular weight is 272 g/mol. The topological polar surface area (TPSA) is 69.2 Å². The van der Waals surface area contributed by atoms with Gasteiger partial charge in [0.1, 0.15) is 0 Å². The summed E-state index contributed by atoms with van der Waals surface area (Å²) in [5.41, 5.74) is 4.66. The van der Waals surface area contributed by atoms with Gasteiger partial charge in [-0.3, -0.25) is 10.1 Å². The van der Waals surface area contributed by atoms with Crippen molar-refractivity contribution < 1.29 is 9.45 Å². The summed E-state index contributed by atoms with van der Waals surface area (Å²) in [6.07, 6.45) is 3.47. The van der Waals surface area contributed by atoms with Crippen LogP contribution in [0.2, 0.25) is 0 Å². The molecule has 1 heterocycles. The Morgan fingerprint density at radius 2 is 1.75 bits per heavy atom. The van der Waals surface area contributed by atoms with Gasteiger partial charge in [0.15, 0.2) is 5.69 Å². The molecule has 5 nitrogen and oxygen atoms in total. The van der Waals surface area contributed by atoms with Gasteiger partial charge < -0.3 is 4.52 Å². The van der Waals surface area contributed by atoms with E-state index in [0.717, 1.165) is 16.7 Å². The molecule has 2 rings (SSSR count). The molecule has 0 atom stereocenters. The minimum atomic E-state index is -0.472. The van der Waals surface area contributed by atoms with Crippen LogP contribution in [0, 0.1) is 37.8 Å². The molecule has 5 heteroatoms. The minimum absolute atomic E-state index is 0.0799. The molecule has 20 heavy (non-hydrogen) atoms. The fourth-order valence-electron chi connectivity index (χ4n) is 2.33. The molecule has 104 valence electrons. The molecule has 0 fully saturated rings. The first kappa shape index (κ1) is 14.0. The zero-order chi connectivity index (χ0) is 14.9. The van der Waals surface area contributed by atoms with E-state index in [2.05, 4.69) is 17.3 Å². The standard InChI is InChI=1S/C15H16N2O3/c1-9-7-10(2)13(11(3)8-9)5-6-14-15(17(18)19)12(4)20-16-14/h5-8H,1-4H3/b6-5+. The first-order chi connectivity index (χ1) is 9.40. The van der Waals surface area contributed by atoms with Gasteiger partial charge in [-0.25, -0.2) is 0 Å².